The predicted octanol–water partition coefficient (Wildman–Crippen LogP) is 4.43. The smallest absolute Gasteiger partial charge is 0.0533 e. The summed E-state index contributed by atoms with van der Waals surface area (Å²) in [5.41, 5.74) is 6.70. The summed E-state index contributed by atoms with van der Waals surface area (Å²) in [6, 6.07) is 10.7. The lowest BCUT2D eigenvalue weighted by atomic mass is 9.94. The van der Waals surface area contributed by atoms with Crippen LogP contribution in [-0.4, -0.2) is 28.0 Å². The van der Waals surface area contributed by atoms with Crippen LogP contribution in [0.1, 0.15) is 41.1 Å². The third-order valence-corrected chi connectivity index (χ3v) is 5.52. The zero-order valence-corrected chi connectivity index (χ0v) is 13.7. The molecule has 3 aliphatic heterocycles. The maximum Gasteiger partial charge on any atom is 0.0533 e. The summed E-state index contributed by atoms with van der Waals surface area (Å²) in [6.07, 6.45) is 10.6. The predicted molar refractivity (Wildman–Crippen MR) is 98.7 cm³/mol. The van der Waals surface area contributed by atoms with Crippen LogP contribution in [0.2, 0.25) is 0 Å². The van der Waals surface area contributed by atoms with E-state index in [0.29, 0.717) is 5.92 Å². The number of H-pyrrole nitrogens is 1. The number of fused-ring (bicyclic) bond motifs is 3. The summed E-state index contributed by atoms with van der Waals surface area (Å²) in [7, 11) is 0. The zero-order valence-electron chi connectivity index (χ0n) is 13.7. The number of aromatic amines is 1. The van der Waals surface area contributed by atoms with Crippen LogP contribution in [0, 0.1) is 0 Å². The third kappa shape index (κ3) is 2.28. The maximum atomic E-state index is 4.18. The molecule has 2 aromatic heterocycles. The van der Waals surface area contributed by atoms with Crippen molar-refractivity contribution in [2.75, 3.05) is 13.1 Å². The number of benzene rings is 1. The SMILES string of the molecule is C(=Cc1cccc2c3c([nH]c12)C1CCN(CC1)C3)c1cccnc1. The van der Waals surface area contributed by atoms with Crippen molar-refractivity contribution in [2.24, 2.45) is 0 Å². The number of para-hydroxylation sites is 1. The van der Waals surface area contributed by atoms with Gasteiger partial charge in [0.2, 0.25) is 0 Å². The summed E-state index contributed by atoms with van der Waals surface area (Å²) in [6.45, 7) is 3.59. The molecule has 120 valence electrons. The number of nitrogens with one attached hydrogen (secondary N) is 1. The van der Waals surface area contributed by atoms with Gasteiger partial charge in [0.1, 0.15) is 0 Å². The molecule has 0 unspecified atom stereocenters. The van der Waals surface area contributed by atoms with Gasteiger partial charge >= 0.3 is 0 Å². The van der Waals surface area contributed by atoms with Crippen molar-refractivity contribution in [1.29, 1.82) is 0 Å². The van der Waals surface area contributed by atoms with Gasteiger partial charge in [-0.1, -0.05) is 36.4 Å². The fourth-order valence-electron chi connectivity index (χ4n) is 4.24. The first-order valence-electron chi connectivity index (χ1n) is 8.82. The van der Waals surface area contributed by atoms with Crippen LogP contribution >= 0.6 is 0 Å². The van der Waals surface area contributed by atoms with E-state index in [1.165, 1.54) is 53.7 Å². The monoisotopic (exact) mass is 315 g/mol. The number of aromatic nitrogens is 2. The normalized spacial score (nSPS) is 22.8. The van der Waals surface area contributed by atoms with E-state index in [2.05, 4.69) is 51.3 Å². The van der Waals surface area contributed by atoms with E-state index >= 15 is 0 Å². The molecule has 1 saturated heterocycles. The van der Waals surface area contributed by atoms with Gasteiger partial charge in [0.15, 0.2) is 0 Å². The number of hydrogen-bond donors (Lipinski definition) is 1. The number of nitrogens with zero attached hydrogens (tertiary/aromatic N) is 2. The van der Waals surface area contributed by atoms with Crippen LogP contribution in [-0.2, 0) is 6.54 Å². The average molecular weight is 315 g/mol. The van der Waals surface area contributed by atoms with E-state index in [0.717, 1.165) is 12.1 Å². The quantitative estimate of drug-likeness (QED) is 0.759. The van der Waals surface area contributed by atoms with Crippen LogP contribution < -0.4 is 0 Å². The molecule has 24 heavy (non-hydrogen) atoms. The minimum Gasteiger partial charge on any atom is -0.357 e. The fraction of sp³-hybridized carbons (Fsp3) is 0.286. The van der Waals surface area contributed by atoms with Gasteiger partial charge in [0.25, 0.3) is 0 Å². The second kappa shape index (κ2) is 5.60. The molecule has 1 fully saturated rings. The van der Waals surface area contributed by atoms with E-state index in [1.54, 1.807) is 0 Å². The van der Waals surface area contributed by atoms with Gasteiger partial charge in [-0.25, -0.2) is 0 Å². The van der Waals surface area contributed by atoms with E-state index in [4.69, 9.17) is 0 Å². The highest BCUT2D eigenvalue weighted by molar-refractivity contribution is 5.93. The van der Waals surface area contributed by atoms with Gasteiger partial charge in [0, 0.05) is 35.9 Å². The maximum absolute atomic E-state index is 4.18. The largest absolute Gasteiger partial charge is 0.357 e. The molecule has 0 saturated carbocycles. The van der Waals surface area contributed by atoms with Crippen molar-refractivity contribution >= 4 is 23.1 Å². The van der Waals surface area contributed by atoms with Gasteiger partial charge < -0.3 is 4.98 Å². The minimum atomic E-state index is 0.710. The highest BCUT2D eigenvalue weighted by atomic mass is 15.1. The van der Waals surface area contributed by atoms with Crippen molar-refractivity contribution < 1.29 is 0 Å². The molecule has 3 nitrogen and oxygen atoms in total. The van der Waals surface area contributed by atoms with Crippen molar-refractivity contribution in [3.05, 3.63) is 65.1 Å². The Morgan fingerprint density at radius 1 is 1.08 bits per heavy atom. The Morgan fingerprint density at radius 2 is 2.00 bits per heavy atom. The lowest BCUT2D eigenvalue weighted by molar-refractivity contribution is 0.220. The standard InChI is InChI=1S/C21H21N3/c1-4-16(7-6-15-3-2-10-22-13-15)20-18(5-1)19-14-24-11-8-17(9-12-24)21(19)23-20/h1-7,10,13,17,23H,8-9,11-12,14H2. The lowest BCUT2D eigenvalue weighted by Crippen LogP contribution is -2.29. The van der Waals surface area contributed by atoms with E-state index in [9.17, 15) is 0 Å². The number of rotatable bonds is 2. The molecule has 3 heteroatoms. The molecule has 6 rings (SSSR count). The molecule has 0 spiro atoms. The summed E-state index contributed by atoms with van der Waals surface area (Å²) in [5, 5.41) is 1.40. The van der Waals surface area contributed by atoms with Crippen molar-refractivity contribution in [2.45, 2.75) is 25.3 Å². The molecule has 3 aliphatic rings. The van der Waals surface area contributed by atoms with Gasteiger partial charge in [0.05, 0.1) is 5.52 Å². The first-order chi connectivity index (χ1) is 11.9. The highest BCUT2D eigenvalue weighted by Gasteiger charge is 2.30. The Labute approximate surface area is 142 Å². The molecule has 1 N–H and O–H groups in total. The molecule has 0 radical (unpaired) electrons. The van der Waals surface area contributed by atoms with Gasteiger partial charge in [-0.05, 0) is 48.7 Å². The average Bonchev–Trinajstić information content (AvgIpc) is 2.81. The summed E-state index contributed by atoms with van der Waals surface area (Å²) in [5.74, 6) is 0.710. The van der Waals surface area contributed by atoms with Crippen molar-refractivity contribution in [3.8, 4) is 0 Å². The Hall–Kier alpha value is -2.39. The molecule has 0 amide bonds. The van der Waals surface area contributed by atoms with Crippen molar-refractivity contribution in [3.63, 3.8) is 0 Å². The Balaban J connectivity index is 1.61. The number of pyridine rings is 1. The Bertz CT molecular complexity index is 899. The van der Waals surface area contributed by atoms with E-state index in [-0.39, 0.29) is 0 Å². The van der Waals surface area contributed by atoms with Crippen molar-refractivity contribution in [1.82, 2.24) is 14.9 Å². The summed E-state index contributed by atoms with van der Waals surface area (Å²) >= 11 is 0. The van der Waals surface area contributed by atoms with Gasteiger partial charge in [-0.2, -0.15) is 0 Å². The van der Waals surface area contributed by atoms with Crippen LogP contribution in [0.25, 0.3) is 23.1 Å². The summed E-state index contributed by atoms with van der Waals surface area (Å²) in [4.78, 5) is 10.6. The van der Waals surface area contributed by atoms with Crippen LogP contribution in [0.5, 0.6) is 0 Å². The fourth-order valence-corrected chi connectivity index (χ4v) is 4.24. The Kier molecular flexibility index (Phi) is 3.27. The van der Waals surface area contributed by atoms with Gasteiger partial charge in [-0.3, -0.25) is 9.88 Å². The number of hydrogen-bond acceptors (Lipinski definition) is 2. The zero-order chi connectivity index (χ0) is 15.9. The second-order valence-electron chi connectivity index (χ2n) is 6.96. The summed E-state index contributed by atoms with van der Waals surface area (Å²) < 4.78 is 0. The minimum absolute atomic E-state index is 0.710. The first kappa shape index (κ1) is 14.0. The molecule has 3 aromatic rings. The molecule has 0 aliphatic carbocycles. The third-order valence-electron chi connectivity index (χ3n) is 5.52. The molecule has 2 bridgehead atoms. The highest BCUT2D eigenvalue weighted by Crippen LogP contribution is 2.39. The van der Waals surface area contributed by atoms with Crippen LogP contribution in [0.15, 0.2) is 42.7 Å². The molecule has 0 atom stereocenters. The lowest BCUT2D eigenvalue weighted by Gasteiger charge is -2.26. The first-order valence-corrected chi connectivity index (χ1v) is 8.82. The second-order valence-corrected chi connectivity index (χ2v) is 6.96. The van der Waals surface area contributed by atoms with Crippen LogP contribution in [0.3, 0.4) is 0 Å². The Morgan fingerprint density at radius 3 is 2.83 bits per heavy atom. The van der Waals surface area contributed by atoms with E-state index in [1.807, 2.05) is 18.5 Å². The molecule has 5 heterocycles. The number of piperidine rings is 1. The molecule has 1 aromatic carbocycles. The van der Waals surface area contributed by atoms with Gasteiger partial charge in [-0.15, -0.1) is 0 Å². The van der Waals surface area contributed by atoms with E-state index < -0.39 is 0 Å². The van der Waals surface area contributed by atoms with Crippen LogP contribution in [0.4, 0.5) is 0 Å². The molecular weight excluding hydrogens is 294 g/mol. The topological polar surface area (TPSA) is 31.9 Å². The molecular formula is C21H21N3.